The van der Waals surface area contributed by atoms with E-state index in [1.807, 2.05) is 43.3 Å². The van der Waals surface area contributed by atoms with Gasteiger partial charge in [-0.25, -0.2) is 4.68 Å². The van der Waals surface area contributed by atoms with Gasteiger partial charge in [0.05, 0.1) is 6.54 Å². The number of hydrogen-bond acceptors (Lipinski definition) is 4. The van der Waals surface area contributed by atoms with E-state index >= 15 is 0 Å². The largest absolute Gasteiger partial charge is 0.489 e. The van der Waals surface area contributed by atoms with Crippen LogP contribution < -0.4 is 10.2 Å². The molecule has 0 fully saturated rings. The number of aromatic amines is 1. The monoisotopic (exact) mass is 394 g/mol. The second kappa shape index (κ2) is 7.91. The van der Waals surface area contributed by atoms with Crippen LogP contribution in [0.4, 0.5) is 0 Å². The van der Waals surface area contributed by atoms with Crippen molar-refractivity contribution in [1.29, 1.82) is 0 Å². The van der Waals surface area contributed by atoms with Crippen molar-refractivity contribution < 1.29 is 4.74 Å². The van der Waals surface area contributed by atoms with Gasteiger partial charge in [-0.15, -0.1) is 0 Å². The van der Waals surface area contributed by atoms with Crippen LogP contribution in [0.25, 0.3) is 0 Å². The van der Waals surface area contributed by atoms with Gasteiger partial charge in [0.2, 0.25) is 4.77 Å². The molecule has 0 atom stereocenters. The highest BCUT2D eigenvalue weighted by molar-refractivity contribution is 7.71. The summed E-state index contributed by atoms with van der Waals surface area (Å²) in [6.45, 7) is 2.79. The first-order valence-corrected chi connectivity index (χ1v) is 8.73. The van der Waals surface area contributed by atoms with Crippen LogP contribution in [-0.4, -0.2) is 14.9 Å². The molecular weight excluding hydrogens is 379 g/mol. The number of nitrogens with zero attached hydrogens (tertiary/aromatic N) is 2. The second-order valence-electron chi connectivity index (χ2n) is 5.41. The number of ether oxygens (including phenoxy) is 1. The predicted octanol–water partition coefficient (Wildman–Crippen LogP) is 4.88. The Balaban J connectivity index is 1.73. The van der Waals surface area contributed by atoms with Crippen LogP contribution in [0.2, 0.25) is 10.0 Å². The lowest BCUT2D eigenvalue weighted by Gasteiger charge is -2.14. The Morgan fingerprint density at radius 2 is 1.88 bits per heavy atom. The van der Waals surface area contributed by atoms with Crippen LogP contribution >= 0.6 is 35.4 Å². The number of halogens is 2. The summed E-state index contributed by atoms with van der Waals surface area (Å²) in [5, 5.41) is 8.15. The summed E-state index contributed by atoms with van der Waals surface area (Å²) < 4.78 is 8.16. The van der Waals surface area contributed by atoms with E-state index in [2.05, 4.69) is 15.6 Å². The minimum absolute atomic E-state index is 0.440. The molecule has 0 aliphatic rings. The molecule has 1 heterocycles. The molecule has 0 bridgehead atoms. The zero-order chi connectivity index (χ0) is 17.8. The van der Waals surface area contributed by atoms with Gasteiger partial charge in [-0.2, -0.15) is 5.10 Å². The van der Waals surface area contributed by atoms with Crippen LogP contribution in [0.1, 0.15) is 17.0 Å². The maximum Gasteiger partial charge on any atom is 0.214 e. The zero-order valence-electron chi connectivity index (χ0n) is 13.4. The highest BCUT2D eigenvalue weighted by atomic mass is 35.5. The Bertz CT molecular complexity index is 921. The lowest BCUT2D eigenvalue weighted by molar-refractivity contribution is 0.303. The van der Waals surface area contributed by atoms with Crippen molar-refractivity contribution in [3.8, 4) is 5.75 Å². The summed E-state index contributed by atoms with van der Waals surface area (Å²) in [4.78, 5) is 0. The van der Waals surface area contributed by atoms with Gasteiger partial charge < -0.3 is 10.2 Å². The van der Waals surface area contributed by atoms with Gasteiger partial charge in [0.25, 0.3) is 0 Å². The van der Waals surface area contributed by atoms with Gasteiger partial charge in [-0.05, 0) is 55.0 Å². The highest BCUT2D eigenvalue weighted by Gasteiger charge is 2.07. The van der Waals surface area contributed by atoms with E-state index in [1.54, 1.807) is 10.7 Å². The van der Waals surface area contributed by atoms with E-state index in [0.29, 0.717) is 28.0 Å². The third-order valence-electron chi connectivity index (χ3n) is 3.60. The van der Waals surface area contributed by atoms with Gasteiger partial charge in [0, 0.05) is 15.6 Å². The van der Waals surface area contributed by atoms with Crippen LogP contribution in [0.5, 0.6) is 5.75 Å². The van der Waals surface area contributed by atoms with Gasteiger partial charge in [0.15, 0.2) is 0 Å². The molecule has 0 amide bonds. The Hall–Kier alpha value is -2.02. The number of hydrogen-bond donors (Lipinski definition) is 2. The topological polar surface area (TPSA) is 54.9 Å². The number of aromatic nitrogens is 3. The molecular formula is C17H16Cl2N4OS. The fourth-order valence-electron chi connectivity index (χ4n) is 2.29. The molecule has 1 aromatic heterocycles. The smallest absolute Gasteiger partial charge is 0.214 e. The number of H-pyrrole nitrogens is 1. The van der Waals surface area contributed by atoms with Crippen molar-refractivity contribution >= 4 is 35.4 Å². The van der Waals surface area contributed by atoms with Gasteiger partial charge >= 0.3 is 0 Å². The van der Waals surface area contributed by atoms with E-state index < -0.39 is 0 Å². The summed E-state index contributed by atoms with van der Waals surface area (Å²) in [5.41, 5.74) is 5.17. The van der Waals surface area contributed by atoms with Crippen LogP contribution in [0, 0.1) is 11.7 Å². The predicted molar refractivity (Wildman–Crippen MR) is 102 cm³/mol. The Morgan fingerprint density at radius 3 is 2.56 bits per heavy atom. The molecule has 5 nitrogen and oxygen atoms in total. The number of aryl methyl sites for hydroxylation is 1. The molecule has 0 saturated heterocycles. The third kappa shape index (κ3) is 4.54. The molecule has 0 aliphatic heterocycles. The van der Waals surface area contributed by atoms with Crippen molar-refractivity contribution in [3.05, 3.63) is 74.2 Å². The first kappa shape index (κ1) is 17.8. The molecule has 0 spiro atoms. The molecule has 0 radical (unpaired) electrons. The van der Waals surface area contributed by atoms with Crippen molar-refractivity contribution in [2.75, 3.05) is 5.43 Å². The van der Waals surface area contributed by atoms with Crippen molar-refractivity contribution in [2.45, 2.75) is 20.1 Å². The Labute approximate surface area is 160 Å². The van der Waals surface area contributed by atoms with Crippen molar-refractivity contribution in [2.24, 2.45) is 0 Å². The summed E-state index contributed by atoms with van der Waals surface area (Å²) in [7, 11) is 0. The van der Waals surface area contributed by atoms with Gasteiger partial charge in [-0.3, -0.25) is 5.10 Å². The molecule has 0 aliphatic carbocycles. The first-order chi connectivity index (χ1) is 12.0. The lowest BCUT2D eigenvalue weighted by atomic mass is 10.2. The molecule has 25 heavy (non-hydrogen) atoms. The van der Waals surface area contributed by atoms with E-state index in [4.69, 9.17) is 40.2 Å². The van der Waals surface area contributed by atoms with Crippen molar-refractivity contribution in [3.63, 3.8) is 0 Å². The molecule has 0 unspecified atom stereocenters. The van der Waals surface area contributed by atoms with E-state index in [9.17, 15) is 0 Å². The van der Waals surface area contributed by atoms with Crippen LogP contribution in [-0.2, 0) is 13.2 Å². The maximum atomic E-state index is 6.13. The average Bonchev–Trinajstić information content (AvgIpc) is 2.92. The molecule has 8 heteroatoms. The third-order valence-corrected chi connectivity index (χ3v) is 4.36. The standard InChI is InChI=1S/C17H16Cl2N4OS/c1-11-21-22-17(25)23(11)20-9-13-8-15(19)6-7-16(13)24-10-12-2-4-14(18)5-3-12/h2-8,20H,9-10H2,1H3,(H,22,25). The normalized spacial score (nSPS) is 10.7. The highest BCUT2D eigenvalue weighted by Crippen LogP contribution is 2.24. The second-order valence-corrected chi connectivity index (χ2v) is 6.67. The summed E-state index contributed by atoms with van der Waals surface area (Å²) in [6.07, 6.45) is 0. The Morgan fingerprint density at radius 1 is 1.16 bits per heavy atom. The zero-order valence-corrected chi connectivity index (χ0v) is 15.8. The molecule has 3 rings (SSSR count). The van der Waals surface area contributed by atoms with Gasteiger partial charge in [0.1, 0.15) is 18.2 Å². The summed E-state index contributed by atoms with van der Waals surface area (Å²) in [6, 6.07) is 13.1. The summed E-state index contributed by atoms with van der Waals surface area (Å²) >= 11 is 17.2. The summed E-state index contributed by atoms with van der Waals surface area (Å²) in [5.74, 6) is 1.50. The fourth-order valence-corrected chi connectivity index (χ4v) is 2.86. The minimum atomic E-state index is 0.440. The van der Waals surface area contributed by atoms with E-state index in [1.165, 1.54) is 0 Å². The molecule has 0 saturated carbocycles. The molecule has 2 N–H and O–H groups in total. The van der Waals surface area contributed by atoms with Gasteiger partial charge in [-0.1, -0.05) is 35.3 Å². The molecule has 2 aromatic carbocycles. The quantitative estimate of drug-likeness (QED) is 0.585. The number of rotatable bonds is 6. The number of benzene rings is 2. The molecule has 130 valence electrons. The number of nitrogens with one attached hydrogen (secondary N) is 2. The van der Waals surface area contributed by atoms with Crippen LogP contribution in [0.15, 0.2) is 42.5 Å². The molecule has 3 aromatic rings. The van der Waals surface area contributed by atoms with E-state index in [-0.39, 0.29) is 0 Å². The maximum absolute atomic E-state index is 6.13. The Kier molecular flexibility index (Phi) is 5.63. The lowest BCUT2D eigenvalue weighted by Crippen LogP contribution is -2.16. The fraction of sp³-hybridized carbons (Fsp3) is 0.176. The minimum Gasteiger partial charge on any atom is -0.489 e. The first-order valence-electron chi connectivity index (χ1n) is 7.56. The van der Waals surface area contributed by atoms with Crippen molar-refractivity contribution in [1.82, 2.24) is 14.9 Å². The SMILES string of the molecule is Cc1n[nH]c(=S)n1NCc1cc(Cl)ccc1OCc1ccc(Cl)cc1. The average molecular weight is 395 g/mol. The van der Waals surface area contributed by atoms with E-state index in [0.717, 1.165) is 22.7 Å². The van der Waals surface area contributed by atoms with Crippen LogP contribution in [0.3, 0.4) is 0 Å².